The maximum atomic E-state index is 12.5. The van der Waals surface area contributed by atoms with Crippen LogP contribution in [0.15, 0.2) is 24.7 Å². The first-order valence-electron chi connectivity index (χ1n) is 8.58. The highest BCUT2D eigenvalue weighted by Crippen LogP contribution is 2.44. The van der Waals surface area contributed by atoms with Gasteiger partial charge in [0.1, 0.15) is 0 Å². The Balaban J connectivity index is 1.67. The zero-order chi connectivity index (χ0) is 17.7. The van der Waals surface area contributed by atoms with Crippen molar-refractivity contribution < 1.29 is 8.42 Å². The number of nitrogens with one attached hydrogen (secondary N) is 1. The molecule has 1 saturated heterocycles. The van der Waals surface area contributed by atoms with Gasteiger partial charge >= 0.3 is 0 Å². The average molecular weight is 361 g/mol. The molecule has 0 aliphatic carbocycles. The zero-order valence-corrected chi connectivity index (χ0v) is 15.4. The van der Waals surface area contributed by atoms with Gasteiger partial charge in [0.15, 0.2) is 0 Å². The largest absolute Gasteiger partial charge is 0.371 e. The molecule has 8 heteroatoms. The van der Waals surface area contributed by atoms with Crippen LogP contribution < -0.4 is 4.90 Å². The minimum atomic E-state index is -3.29. The quantitative estimate of drug-likeness (QED) is 0.875. The number of hydrogen-bond donors (Lipinski definition) is 1. The van der Waals surface area contributed by atoms with Crippen LogP contribution in [0.5, 0.6) is 0 Å². The molecule has 134 valence electrons. The summed E-state index contributed by atoms with van der Waals surface area (Å²) in [4.78, 5) is 14.3. The fourth-order valence-corrected chi connectivity index (χ4v) is 5.62. The highest BCUT2D eigenvalue weighted by molar-refractivity contribution is 7.88. The third-order valence-electron chi connectivity index (χ3n) is 5.44. The van der Waals surface area contributed by atoms with Gasteiger partial charge in [0.2, 0.25) is 10.0 Å². The van der Waals surface area contributed by atoms with Crippen LogP contribution in [0.25, 0.3) is 0 Å². The molecule has 2 aliphatic heterocycles. The van der Waals surface area contributed by atoms with E-state index in [0.717, 1.165) is 48.7 Å². The number of rotatable bonds is 2. The number of nitrogens with zero attached hydrogens (tertiary/aromatic N) is 4. The smallest absolute Gasteiger partial charge is 0.212 e. The summed E-state index contributed by atoms with van der Waals surface area (Å²) in [7, 11) is -3.29. The summed E-state index contributed by atoms with van der Waals surface area (Å²) in [6, 6.07) is 4.09. The van der Waals surface area contributed by atoms with E-state index in [2.05, 4.69) is 25.9 Å². The van der Waals surface area contributed by atoms with Gasteiger partial charge in [-0.15, -0.1) is 0 Å². The molecule has 1 spiro atoms. The molecule has 2 aromatic heterocycles. The number of pyridine rings is 1. The Morgan fingerprint density at radius 3 is 2.64 bits per heavy atom. The first kappa shape index (κ1) is 16.5. The lowest BCUT2D eigenvalue weighted by Crippen LogP contribution is -2.58. The average Bonchev–Trinajstić information content (AvgIpc) is 3.05. The van der Waals surface area contributed by atoms with Crippen LogP contribution >= 0.6 is 0 Å². The molecule has 0 unspecified atom stereocenters. The van der Waals surface area contributed by atoms with Crippen LogP contribution in [0.1, 0.15) is 29.9 Å². The molecule has 7 nitrogen and oxygen atoms in total. The van der Waals surface area contributed by atoms with Gasteiger partial charge in [0.25, 0.3) is 0 Å². The lowest BCUT2D eigenvalue weighted by Gasteiger charge is -2.49. The van der Waals surface area contributed by atoms with Crippen molar-refractivity contribution in [2.75, 3.05) is 30.8 Å². The van der Waals surface area contributed by atoms with E-state index in [9.17, 15) is 8.42 Å². The van der Waals surface area contributed by atoms with Crippen LogP contribution in [-0.4, -0.2) is 53.6 Å². The van der Waals surface area contributed by atoms with Crippen molar-refractivity contribution in [1.29, 1.82) is 0 Å². The van der Waals surface area contributed by atoms with Crippen molar-refractivity contribution in [1.82, 2.24) is 19.3 Å². The molecule has 2 aliphatic rings. The first-order chi connectivity index (χ1) is 11.9. The molecule has 0 atom stereocenters. The van der Waals surface area contributed by atoms with Crippen molar-refractivity contribution in [3.05, 3.63) is 41.7 Å². The SMILES string of the molecule is Cc1cc(N2CCC3(CC2)c2nc[nH]c2CCN3S(C)(=O)=O)ccn1. The highest BCUT2D eigenvalue weighted by atomic mass is 32.2. The number of aromatic amines is 1. The fourth-order valence-electron chi connectivity index (χ4n) is 4.29. The van der Waals surface area contributed by atoms with Crippen molar-refractivity contribution in [3.63, 3.8) is 0 Å². The van der Waals surface area contributed by atoms with Crippen LogP contribution in [0.4, 0.5) is 5.69 Å². The standard InChI is InChI=1S/C17H23N5O2S/c1-13-11-14(3-7-18-13)21-9-5-17(6-10-21)16-15(19-12-20-16)4-8-22(17)25(2,23)24/h3,7,11-12H,4-6,8-10H2,1-2H3,(H,19,20). The Kier molecular flexibility index (Phi) is 3.84. The molecule has 0 saturated carbocycles. The molecule has 0 aromatic carbocycles. The second-order valence-corrected chi connectivity index (χ2v) is 8.90. The summed E-state index contributed by atoms with van der Waals surface area (Å²) in [6.07, 6.45) is 6.99. The van der Waals surface area contributed by atoms with E-state index in [1.54, 1.807) is 10.6 Å². The van der Waals surface area contributed by atoms with E-state index in [0.29, 0.717) is 13.0 Å². The number of sulfonamides is 1. The number of anilines is 1. The summed E-state index contributed by atoms with van der Waals surface area (Å²) in [6.45, 7) is 4.09. The monoisotopic (exact) mass is 361 g/mol. The Morgan fingerprint density at radius 1 is 1.20 bits per heavy atom. The van der Waals surface area contributed by atoms with Crippen molar-refractivity contribution in [2.45, 2.75) is 31.7 Å². The number of H-pyrrole nitrogens is 1. The van der Waals surface area contributed by atoms with Gasteiger partial charge in [-0.25, -0.2) is 13.4 Å². The summed E-state index contributed by atoms with van der Waals surface area (Å²) < 4.78 is 26.6. The van der Waals surface area contributed by atoms with E-state index < -0.39 is 15.6 Å². The number of piperidine rings is 1. The van der Waals surface area contributed by atoms with Gasteiger partial charge in [-0.05, 0) is 31.9 Å². The van der Waals surface area contributed by atoms with Crippen LogP contribution in [0.3, 0.4) is 0 Å². The Labute approximate surface area is 148 Å². The van der Waals surface area contributed by atoms with Crippen molar-refractivity contribution in [3.8, 4) is 0 Å². The van der Waals surface area contributed by atoms with E-state index in [4.69, 9.17) is 0 Å². The number of hydrogen-bond acceptors (Lipinski definition) is 5. The summed E-state index contributed by atoms with van der Waals surface area (Å²) in [5.74, 6) is 0. The Bertz CT molecular complexity index is 884. The van der Waals surface area contributed by atoms with Crippen LogP contribution in [-0.2, 0) is 22.0 Å². The van der Waals surface area contributed by atoms with Gasteiger partial charge < -0.3 is 9.88 Å². The molecule has 0 bridgehead atoms. The van der Waals surface area contributed by atoms with Crippen LogP contribution in [0.2, 0.25) is 0 Å². The van der Waals surface area contributed by atoms with Gasteiger partial charge in [-0.2, -0.15) is 4.31 Å². The maximum Gasteiger partial charge on any atom is 0.212 e. The van der Waals surface area contributed by atoms with Crippen LogP contribution in [0, 0.1) is 6.92 Å². The van der Waals surface area contributed by atoms with Gasteiger partial charge in [0.05, 0.1) is 23.8 Å². The van der Waals surface area contributed by atoms with E-state index in [1.807, 2.05) is 19.2 Å². The number of imidazole rings is 1. The van der Waals surface area contributed by atoms with Crippen molar-refractivity contribution in [2.24, 2.45) is 0 Å². The molecule has 1 N–H and O–H groups in total. The third-order valence-corrected chi connectivity index (χ3v) is 6.77. The topological polar surface area (TPSA) is 82.2 Å². The molecule has 1 fully saturated rings. The summed E-state index contributed by atoms with van der Waals surface area (Å²) in [5, 5.41) is 0. The molecular weight excluding hydrogens is 338 g/mol. The predicted octanol–water partition coefficient (Wildman–Crippen LogP) is 1.43. The minimum absolute atomic E-state index is 0.516. The second kappa shape index (κ2) is 5.81. The van der Waals surface area contributed by atoms with Gasteiger partial charge in [-0.3, -0.25) is 4.98 Å². The molecule has 4 heterocycles. The summed E-state index contributed by atoms with van der Waals surface area (Å²) in [5.41, 5.74) is 3.59. The minimum Gasteiger partial charge on any atom is -0.371 e. The van der Waals surface area contributed by atoms with E-state index in [1.165, 1.54) is 6.26 Å². The Morgan fingerprint density at radius 2 is 1.96 bits per heavy atom. The number of fused-ring (bicyclic) bond motifs is 2. The predicted molar refractivity (Wildman–Crippen MR) is 95.9 cm³/mol. The number of aryl methyl sites for hydroxylation is 1. The lowest BCUT2D eigenvalue weighted by molar-refractivity contribution is 0.129. The van der Waals surface area contributed by atoms with Gasteiger partial charge in [-0.1, -0.05) is 0 Å². The van der Waals surface area contributed by atoms with E-state index in [-0.39, 0.29) is 0 Å². The fraction of sp³-hybridized carbons (Fsp3) is 0.529. The highest BCUT2D eigenvalue weighted by Gasteiger charge is 2.50. The molecular formula is C17H23N5O2S. The third kappa shape index (κ3) is 2.73. The second-order valence-electron chi connectivity index (χ2n) is 6.99. The lowest BCUT2D eigenvalue weighted by atomic mass is 9.80. The van der Waals surface area contributed by atoms with E-state index >= 15 is 0 Å². The Hall–Kier alpha value is -1.93. The maximum absolute atomic E-state index is 12.5. The van der Waals surface area contributed by atoms with Gasteiger partial charge in [0, 0.05) is 49.3 Å². The zero-order valence-electron chi connectivity index (χ0n) is 14.6. The number of aromatic nitrogens is 3. The molecule has 4 rings (SSSR count). The molecule has 2 aromatic rings. The first-order valence-corrected chi connectivity index (χ1v) is 10.4. The molecule has 0 radical (unpaired) electrons. The van der Waals surface area contributed by atoms with Crippen molar-refractivity contribution >= 4 is 15.7 Å². The molecule has 25 heavy (non-hydrogen) atoms. The molecule has 0 amide bonds. The normalized spacial score (nSPS) is 20.6. The summed E-state index contributed by atoms with van der Waals surface area (Å²) >= 11 is 0.